The van der Waals surface area contributed by atoms with E-state index in [-0.39, 0.29) is 0 Å². The molecule has 0 atom stereocenters. The van der Waals surface area contributed by atoms with Gasteiger partial charge in [-0.2, -0.15) is 0 Å². The van der Waals surface area contributed by atoms with Gasteiger partial charge < -0.3 is 15.2 Å². The summed E-state index contributed by atoms with van der Waals surface area (Å²) in [5, 5.41) is 0. The first kappa shape index (κ1) is 13.9. The minimum Gasteiger partial charge on any atom is -0.496 e. The predicted molar refractivity (Wildman–Crippen MR) is 77.0 cm³/mol. The molecule has 4 heteroatoms. The number of hydrogen-bond donors (Lipinski definition) is 1. The third kappa shape index (κ3) is 3.29. The van der Waals surface area contributed by atoms with E-state index in [1.807, 2.05) is 25.1 Å². The zero-order valence-corrected chi connectivity index (χ0v) is 11.6. The average Bonchev–Trinajstić information content (AvgIpc) is 2.45. The van der Waals surface area contributed by atoms with Crippen LogP contribution in [0.3, 0.4) is 0 Å². The van der Waals surface area contributed by atoms with Crippen LogP contribution in [0.1, 0.15) is 21.5 Å². The standard InChI is InChI=1S/C16H17NO3/c1-11-3-8-15(19-2)13(9-11)10-20-14-6-4-12(5-7-14)16(17)18/h3-9H,10H2,1-2H3,(H2,17,18). The predicted octanol–water partition coefficient (Wildman–Crippen LogP) is 2.68. The highest BCUT2D eigenvalue weighted by Crippen LogP contribution is 2.22. The van der Waals surface area contributed by atoms with Crippen molar-refractivity contribution in [3.05, 3.63) is 59.2 Å². The molecule has 0 aliphatic heterocycles. The van der Waals surface area contributed by atoms with E-state index in [1.165, 1.54) is 0 Å². The Hall–Kier alpha value is -2.49. The number of primary amides is 1. The summed E-state index contributed by atoms with van der Waals surface area (Å²) in [5.74, 6) is 1.03. The van der Waals surface area contributed by atoms with Crippen molar-refractivity contribution in [2.45, 2.75) is 13.5 Å². The van der Waals surface area contributed by atoms with Gasteiger partial charge >= 0.3 is 0 Å². The van der Waals surface area contributed by atoms with Crippen molar-refractivity contribution >= 4 is 5.91 Å². The van der Waals surface area contributed by atoms with Crippen LogP contribution in [0.25, 0.3) is 0 Å². The second kappa shape index (κ2) is 6.10. The van der Waals surface area contributed by atoms with E-state index in [0.717, 1.165) is 16.9 Å². The SMILES string of the molecule is COc1ccc(C)cc1COc1ccc(C(N)=O)cc1. The number of aryl methyl sites for hydroxylation is 1. The Kier molecular flexibility index (Phi) is 4.25. The van der Waals surface area contributed by atoms with Crippen molar-refractivity contribution in [2.24, 2.45) is 5.73 Å². The lowest BCUT2D eigenvalue weighted by atomic mass is 10.1. The summed E-state index contributed by atoms with van der Waals surface area (Å²) < 4.78 is 11.0. The maximum atomic E-state index is 11.0. The average molecular weight is 271 g/mol. The Balaban J connectivity index is 2.08. The number of rotatable bonds is 5. The number of methoxy groups -OCH3 is 1. The van der Waals surface area contributed by atoms with Crippen LogP contribution in [0, 0.1) is 6.92 Å². The summed E-state index contributed by atoms with van der Waals surface area (Å²) in [6.07, 6.45) is 0. The molecule has 104 valence electrons. The summed E-state index contributed by atoms with van der Waals surface area (Å²) in [6, 6.07) is 12.7. The summed E-state index contributed by atoms with van der Waals surface area (Å²) in [5.41, 5.74) is 7.78. The van der Waals surface area contributed by atoms with Gasteiger partial charge in [0.25, 0.3) is 0 Å². The van der Waals surface area contributed by atoms with Gasteiger partial charge in [0.15, 0.2) is 0 Å². The van der Waals surface area contributed by atoms with Gasteiger partial charge in [-0.15, -0.1) is 0 Å². The van der Waals surface area contributed by atoms with E-state index < -0.39 is 5.91 Å². The van der Waals surface area contributed by atoms with Crippen LogP contribution in [-0.4, -0.2) is 13.0 Å². The summed E-state index contributed by atoms with van der Waals surface area (Å²) in [6.45, 7) is 2.42. The summed E-state index contributed by atoms with van der Waals surface area (Å²) in [7, 11) is 1.63. The molecule has 2 rings (SSSR count). The molecule has 0 fully saturated rings. The molecule has 0 saturated heterocycles. The quantitative estimate of drug-likeness (QED) is 0.909. The van der Waals surface area contributed by atoms with Crippen molar-refractivity contribution in [3.8, 4) is 11.5 Å². The van der Waals surface area contributed by atoms with Crippen molar-refractivity contribution in [1.82, 2.24) is 0 Å². The van der Waals surface area contributed by atoms with Crippen molar-refractivity contribution in [2.75, 3.05) is 7.11 Å². The number of nitrogens with two attached hydrogens (primary N) is 1. The molecule has 0 aliphatic rings. The first-order valence-corrected chi connectivity index (χ1v) is 6.26. The Morgan fingerprint density at radius 3 is 2.45 bits per heavy atom. The lowest BCUT2D eigenvalue weighted by molar-refractivity contribution is 0.100. The molecule has 0 aliphatic carbocycles. The van der Waals surface area contributed by atoms with E-state index in [4.69, 9.17) is 15.2 Å². The van der Waals surface area contributed by atoms with Crippen molar-refractivity contribution < 1.29 is 14.3 Å². The zero-order chi connectivity index (χ0) is 14.5. The van der Waals surface area contributed by atoms with Crippen LogP contribution >= 0.6 is 0 Å². The van der Waals surface area contributed by atoms with Gasteiger partial charge in [-0.1, -0.05) is 11.6 Å². The molecule has 2 N–H and O–H groups in total. The Morgan fingerprint density at radius 2 is 1.85 bits per heavy atom. The van der Waals surface area contributed by atoms with E-state index in [2.05, 4.69) is 0 Å². The summed E-state index contributed by atoms with van der Waals surface area (Å²) >= 11 is 0. The largest absolute Gasteiger partial charge is 0.496 e. The molecule has 20 heavy (non-hydrogen) atoms. The lowest BCUT2D eigenvalue weighted by Gasteiger charge is -2.11. The fourth-order valence-electron chi connectivity index (χ4n) is 1.90. The molecule has 2 aromatic rings. The van der Waals surface area contributed by atoms with Gasteiger partial charge in [-0.25, -0.2) is 0 Å². The fraction of sp³-hybridized carbons (Fsp3) is 0.188. The van der Waals surface area contributed by atoms with Crippen LogP contribution in [0.15, 0.2) is 42.5 Å². The van der Waals surface area contributed by atoms with Gasteiger partial charge in [-0.05, 0) is 43.3 Å². The second-order valence-corrected chi connectivity index (χ2v) is 4.49. The van der Waals surface area contributed by atoms with Gasteiger partial charge in [0, 0.05) is 11.1 Å². The van der Waals surface area contributed by atoms with Crippen LogP contribution < -0.4 is 15.2 Å². The topological polar surface area (TPSA) is 61.6 Å². The number of amides is 1. The molecule has 2 aromatic carbocycles. The first-order valence-electron chi connectivity index (χ1n) is 6.26. The highest BCUT2D eigenvalue weighted by molar-refractivity contribution is 5.92. The molecular weight excluding hydrogens is 254 g/mol. The van der Waals surface area contributed by atoms with Gasteiger partial charge in [0.05, 0.1) is 7.11 Å². The fourth-order valence-corrected chi connectivity index (χ4v) is 1.90. The third-order valence-electron chi connectivity index (χ3n) is 2.97. The molecule has 0 saturated carbocycles. The number of carbonyl (C=O) groups excluding carboxylic acids is 1. The van der Waals surface area contributed by atoms with E-state index >= 15 is 0 Å². The van der Waals surface area contributed by atoms with Crippen molar-refractivity contribution in [3.63, 3.8) is 0 Å². The Labute approximate surface area is 118 Å². The van der Waals surface area contributed by atoms with Gasteiger partial charge in [-0.3, -0.25) is 4.79 Å². The molecule has 0 unspecified atom stereocenters. The molecule has 0 aromatic heterocycles. The van der Waals surface area contributed by atoms with E-state index in [0.29, 0.717) is 17.9 Å². The number of ether oxygens (including phenoxy) is 2. The van der Waals surface area contributed by atoms with Crippen LogP contribution in [0.2, 0.25) is 0 Å². The Morgan fingerprint density at radius 1 is 1.15 bits per heavy atom. The van der Waals surface area contributed by atoms with E-state index in [1.54, 1.807) is 31.4 Å². The normalized spacial score (nSPS) is 10.1. The highest BCUT2D eigenvalue weighted by Gasteiger charge is 2.05. The molecule has 4 nitrogen and oxygen atoms in total. The maximum absolute atomic E-state index is 11.0. The van der Waals surface area contributed by atoms with Crippen LogP contribution in [0.5, 0.6) is 11.5 Å². The maximum Gasteiger partial charge on any atom is 0.248 e. The molecule has 0 radical (unpaired) electrons. The van der Waals surface area contributed by atoms with Crippen molar-refractivity contribution in [1.29, 1.82) is 0 Å². The van der Waals surface area contributed by atoms with Crippen LogP contribution in [-0.2, 0) is 6.61 Å². The minimum absolute atomic E-state index is 0.404. The Bertz CT molecular complexity index is 606. The lowest BCUT2D eigenvalue weighted by Crippen LogP contribution is -2.10. The van der Waals surface area contributed by atoms with Crippen LogP contribution in [0.4, 0.5) is 0 Å². The molecule has 0 spiro atoms. The first-order chi connectivity index (χ1) is 9.60. The highest BCUT2D eigenvalue weighted by atomic mass is 16.5. The molecular formula is C16H17NO3. The zero-order valence-electron chi connectivity index (χ0n) is 11.6. The smallest absolute Gasteiger partial charge is 0.248 e. The summed E-state index contributed by atoms with van der Waals surface area (Å²) in [4.78, 5) is 11.0. The minimum atomic E-state index is -0.447. The van der Waals surface area contributed by atoms with Gasteiger partial charge in [0.2, 0.25) is 5.91 Å². The molecule has 0 bridgehead atoms. The molecule has 1 amide bonds. The van der Waals surface area contributed by atoms with Gasteiger partial charge in [0.1, 0.15) is 18.1 Å². The number of hydrogen-bond acceptors (Lipinski definition) is 3. The number of benzene rings is 2. The number of carbonyl (C=O) groups is 1. The molecule has 0 heterocycles. The third-order valence-corrected chi connectivity index (χ3v) is 2.97. The van der Waals surface area contributed by atoms with E-state index in [9.17, 15) is 4.79 Å². The monoisotopic (exact) mass is 271 g/mol. The second-order valence-electron chi connectivity index (χ2n) is 4.49.